The Morgan fingerprint density at radius 2 is 2.08 bits per heavy atom. The molecule has 3 fully saturated rings. The van der Waals surface area contributed by atoms with Crippen LogP contribution in [-0.2, 0) is 24.9 Å². The summed E-state index contributed by atoms with van der Waals surface area (Å²) in [6.07, 6.45) is 4.25. The molecule has 9 heteroatoms. The maximum atomic E-state index is 13.5. The van der Waals surface area contributed by atoms with Gasteiger partial charge in [-0.3, -0.25) is 14.4 Å². The summed E-state index contributed by atoms with van der Waals surface area (Å²) >= 11 is 2.77. The molecule has 1 aromatic heterocycles. The number of carbonyl (C=O) groups excluding carboxylic acids is 3. The normalized spacial score (nSPS) is 39.3. The molecule has 3 aliphatic rings. The lowest BCUT2D eigenvalue weighted by molar-refractivity contribution is -0.205. The standard InChI is InChI=1S/C28H40N2O5S2/c1-7-26(5)12-21(35-22(33)15-36-13-19-14-37-25(30-19)29-18(4)31)27(6)16(2)8-10-28(17(3)24(26)34)11-9-20(32)23(27)28/h7,14,16-17,21,23-24,34H,1,8-13,15H2,2-6H3,(H,29,30,31)/t16?,17-,21+,23?,24-,26+,27-,28?/m0/s1. The molecule has 1 aromatic rings. The number of amides is 1. The summed E-state index contributed by atoms with van der Waals surface area (Å²) in [5.41, 5.74) is -0.631. The highest BCUT2D eigenvalue weighted by molar-refractivity contribution is 7.99. The zero-order chi connectivity index (χ0) is 27.2. The van der Waals surface area contributed by atoms with E-state index in [1.807, 2.05) is 18.4 Å². The number of nitrogens with one attached hydrogen (secondary N) is 1. The highest BCUT2D eigenvalue weighted by atomic mass is 32.2. The Labute approximate surface area is 228 Å². The molecular formula is C28H40N2O5S2. The first-order chi connectivity index (χ1) is 17.4. The van der Waals surface area contributed by atoms with Crippen molar-refractivity contribution >= 4 is 45.9 Å². The van der Waals surface area contributed by atoms with Gasteiger partial charge in [0.1, 0.15) is 11.9 Å². The fourth-order valence-corrected chi connectivity index (χ4v) is 9.07. The van der Waals surface area contributed by atoms with Crippen LogP contribution in [0.15, 0.2) is 18.0 Å². The Kier molecular flexibility index (Phi) is 8.00. The molecule has 3 saturated carbocycles. The van der Waals surface area contributed by atoms with Crippen molar-refractivity contribution < 1.29 is 24.2 Å². The fraction of sp³-hybridized carbons (Fsp3) is 0.714. The maximum Gasteiger partial charge on any atom is 0.316 e. The van der Waals surface area contributed by atoms with Gasteiger partial charge in [-0.2, -0.15) is 0 Å². The van der Waals surface area contributed by atoms with E-state index < -0.39 is 23.0 Å². The van der Waals surface area contributed by atoms with Gasteiger partial charge in [-0.05, 0) is 42.9 Å². The number of hydrogen-bond acceptors (Lipinski definition) is 8. The zero-order valence-electron chi connectivity index (χ0n) is 22.5. The Morgan fingerprint density at radius 1 is 1.35 bits per heavy atom. The number of esters is 1. The van der Waals surface area contributed by atoms with Crippen molar-refractivity contribution in [3.8, 4) is 0 Å². The molecule has 1 heterocycles. The molecule has 3 aliphatic carbocycles. The number of Topliss-reactive ketones (excluding diaryl/α,β-unsaturated/α-hetero) is 1. The summed E-state index contributed by atoms with van der Waals surface area (Å²) in [5, 5.41) is 16.7. The first-order valence-corrected chi connectivity index (χ1v) is 15.2. The lowest BCUT2D eigenvalue weighted by Crippen LogP contribution is -2.63. The van der Waals surface area contributed by atoms with Crippen molar-refractivity contribution in [2.45, 2.75) is 84.7 Å². The predicted octanol–water partition coefficient (Wildman–Crippen LogP) is 5.24. The molecule has 7 nitrogen and oxygen atoms in total. The Balaban J connectivity index is 1.55. The third-order valence-corrected chi connectivity index (χ3v) is 11.6. The number of thioether (sulfide) groups is 1. The van der Waals surface area contributed by atoms with Crippen molar-refractivity contribution in [1.82, 2.24) is 4.98 Å². The van der Waals surface area contributed by atoms with E-state index in [4.69, 9.17) is 4.74 Å². The van der Waals surface area contributed by atoms with E-state index in [9.17, 15) is 19.5 Å². The van der Waals surface area contributed by atoms with Crippen LogP contribution in [-0.4, -0.2) is 45.7 Å². The van der Waals surface area contributed by atoms with Crippen LogP contribution in [0.25, 0.3) is 0 Å². The van der Waals surface area contributed by atoms with Gasteiger partial charge in [-0.1, -0.05) is 33.8 Å². The summed E-state index contributed by atoms with van der Waals surface area (Å²) in [4.78, 5) is 42.3. The van der Waals surface area contributed by atoms with Crippen LogP contribution in [0, 0.1) is 34.0 Å². The number of aliphatic hydroxyl groups is 1. The van der Waals surface area contributed by atoms with Gasteiger partial charge in [0.15, 0.2) is 5.13 Å². The Hall–Kier alpha value is -1.71. The predicted molar refractivity (Wildman–Crippen MR) is 147 cm³/mol. The zero-order valence-corrected chi connectivity index (χ0v) is 24.2. The average molecular weight is 549 g/mol. The summed E-state index contributed by atoms with van der Waals surface area (Å²) in [7, 11) is 0. The van der Waals surface area contributed by atoms with Gasteiger partial charge in [-0.25, -0.2) is 4.98 Å². The van der Waals surface area contributed by atoms with E-state index in [-0.39, 0.29) is 46.6 Å². The number of carbonyl (C=O) groups is 3. The summed E-state index contributed by atoms with van der Waals surface area (Å²) < 4.78 is 6.27. The van der Waals surface area contributed by atoms with Gasteiger partial charge in [0.25, 0.3) is 0 Å². The minimum absolute atomic E-state index is 0.0496. The molecule has 3 unspecified atom stereocenters. The molecule has 2 bridgehead atoms. The lowest BCUT2D eigenvalue weighted by atomic mass is 9.44. The number of ketones is 1. The van der Waals surface area contributed by atoms with Crippen LogP contribution >= 0.6 is 23.1 Å². The fourth-order valence-electron chi connectivity index (χ4n) is 7.51. The van der Waals surface area contributed by atoms with Crippen LogP contribution in [0.4, 0.5) is 5.13 Å². The van der Waals surface area contributed by atoms with E-state index in [1.54, 1.807) is 0 Å². The minimum Gasteiger partial charge on any atom is -0.461 e. The van der Waals surface area contributed by atoms with Gasteiger partial charge < -0.3 is 15.2 Å². The van der Waals surface area contributed by atoms with Gasteiger partial charge in [0.2, 0.25) is 5.91 Å². The van der Waals surface area contributed by atoms with Crippen LogP contribution in [0.2, 0.25) is 0 Å². The SMILES string of the molecule is C=C[C@]1(C)C[C@@H](OC(=O)CSCc2csc(NC(C)=O)n2)[C@]2(C)C(C)CCC3(CCC(=O)C32)[C@@H](C)[C@@H]1O. The summed E-state index contributed by atoms with van der Waals surface area (Å²) in [5.74, 6) is 0.368. The number of aliphatic hydroxyl groups excluding tert-OH is 1. The highest BCUT2D eigenvalue weighted by Crippen LogP contribution is 2.68. The molecule has 0 radical (unpaired) electrons. The number of rotatable bonds is 7. The van der Waals surface area contributed by atoms with Crippen molar-refractivity contribution in [2.75, 3.05) is 11.1 Å². The lowest BCUT2D eigenvalue weighted by Gasteiger charge is -2.61. The van der Waals surface area contributed by atoms with Crippen molar-refractivity contribution in [3.05, 3.63) is 23.7 Å². The van der Waals surface area contributed by atoms with Crippen molar-refractivity contribution in [1.29, 1.82) is 0 Å². The second-order valence-corrected chi connectivity index (χ2v) is 13.7. The first-order valence-electron chi connectivity index (χ1n) is 13.2. The van der Waals surface area contributed by atoms with Gasteiger partial charge >= 0.3 is 5.97 Å². The smallest absolute Gasteiger partial charge is 0.316 e. The second kappa shape index (κ2) is 10.5. The third-order valence-electron chi connectivity index (χ3n) is 9.88. The highest BCUT2D eigenvalue weighted by Gasteiger charge is 2.68. The van der Waals surface area contributed by atoms with Crippen molar-refractivity contribution in [2.24, 2.45) is 34.0 Å². The third kappa shape index (κ3) is 4.91. The molecule has 0 aromatic carbocycles. The molecule has 0 aliphatic heterocycles. The Bertz CT molecular complexity index is 1070. The van der Waals surface area contributed by atoms with E-state index >= 15 is 0 Å². The number of nitrogens with zero attached hydrogens (tertiary/aromatic N) is 1. The number of ether oxygens (including phenoxy) is 1. The van der Waals surface area contributed by atoms with Gasteiger partial charge in [0.05, 0.1) is 17.6 Å². The first kappa shape index (κ1) is 28.3. The molecule has 0 spiro atoms. The van der Waals surface area contributed by atoms with Gasteiger partial charge in [0, 0.05) is 41.2 Å². The molecule has 8 atom stereocenters. The number of aromatic nitrogens is 1. The minimum atomic E-state index is -0.672. The largest absolute Gasteiger partial charge is 0.461 e. The molecule has 37 heavy (non-hydrogen) atoms. The molecular weight excluding hydrogens is 508 g/mol. The number of anilines is 1. The monoisotopic (exact) mass is 548 g/mol. The molecule has 2 N–H and O–H groups in total. The van der Waals surface area contributed by atoms with E-state index in [0.29, 0.717) is 23.7 Å². The number of thiazole rings is 1. The van der Waals surface area contributed by atoms with Crippen molar-refractivity contribution in [3.63, 3.8) is 0 Å². The maximum absolute atomic E-state index is 13.5. The van der Waals surface area contributed by atoms with E-state index in [0.717, 1.165) is 25.0 Å². The quantitative estimate of drug-likeness (QED) is 0.354. The topological polar surface area (TPSA) is 106 Å². The van der Waals surface area contributed by atoms with Gasteiger partial charge in [-0.15, -0.1) is 29.7 Å². The molecule has 1 amide bonds. The molecule has 204 valence electrons. The Morgan fingerprint density at radius 3 is 2.76 bits per heavy atom. The summed E-state index contributed by atoms with van der Waals surface area (Å²) in [6.45, 7) is 13.9. The average Bonchev–Trinajstić information content (AvgIpc) is 3.43. The van der Waals surface area contributed by atoms with E-state index in [2.05, 4.69) is 37.7 Å². The molecule has 0 saturated heterocycles. The number of hydrogen-bond donors (Lipinski definition) is 2. The summed E-state index contributed by atoms with van der Waals surface area (Å²) in [6, 6.07) is 0. The second-order valence-electron chi connectivity index (χ2n) is 11.9. The van der Waals surface area contributed by atoms with Crippen LogP contribution in [0.5, 0.6) is 0 Å². The van der Waals surface area contributed by atoms with Crippen LogP contribution < -0.4 is 5.32 Å². The molecule has 4 rings (SSSR count). The van der Waals surface area contributed by atoms with Crippen LogP contribution in [0.3, 0.4) is 0 Å². The van der Waals surface area contributed by atoms with E-state index in [1.165, 1.54) is 30.0 Å². The van der Waals surface area contributed by atoms with Crippen LogP contribution in [0.1, 0.15) is 72.4 Å².